The Hall–Kier alpha value is -6.10. The largest absolute Gasteiger partial charge is 0.494 e. The van der Waals surface area contributed by atoms with Gasteiger partial charge in [-0.3, -0.25) is 9.59 Å². The van der Waals surface area contributed by atoms with Crippen LogP contribution in [0.15, 0.2) is 90.0 Å². The Balaban J connectivity index is 1.34. The number of aromatic amines is 1. The second-order valence-corrected chi connectivity index (χ2v) is 10.1. The summed E-state index contributed by atoms with van der Waals surface area (Å²) in [5.41, 5.74) is 6.10. The molecule has 5 rings (SSSR count). The summed E-state index contributed by atoms with van der Waals surface area (Å²) in [6.45, 7) is 5.81. The quantitative estimate of drug-likeness (QED) is 0.0682. The Morgan fingerprint density at radius 2 is 1.55 bits per heavy atom. The van der Waals surface area contributed by atoms with Crippen LogP contribution in [0, 0.1) is 0 Å². The number of hydrogen-bond donors (Lipinski definition) is 2. The predicted molar refractivity (Wildman–Crippen MR) is 177 cm³/mol. The molecule has 0 saturated carbocycles. The lowest BCUT2D eigenvalue weighted by Crippen LogP contribution is -2.18. The van der Waals surface area contributed by atoms with Crippen molar-refractivity contribution in [1.82, 2.24) is 10.4 Å². The number of nitrogens with one attached hydrogen (secondary N) is 2. The molecule has 0 aliphatic carbocycles. The molecular weight excluding hydrogens is 602 g/mol. The Kier molecular flexibility index (Phi) is 10.2. The molecule has 1 amide bonds. The third-order valence-corrected chi connectivity index (χ3v) is 6.87. The van der Waals surface area contributed by atoms with E-state index in [1.807, 2.05) is 55.5 Å². The molecule has 0 unspecified atom stereocenters. The second-order valence-electron chi connectivity index (χ2n) is 10.1. The van der Waals surface area contributed by atoms with E-state index in [0.29, 0.717) is 36.0 Å². The van der Waals surface area contributed by atoms with Crippen molar-refractivity contribution in [3.63, 3.8) is 0 Å². The number of H-pyrrole nitrogens is 1. The van der Waals surface area contributed by atoms with E-state index >= 15 is 0 Å². The van der Waals surface area contributed by atoms with Gasteiger partial charge in [0, 0.05) is 23.4 Å². The molecule has 0 radical (unpaired) electrons. The van der Waals surface area contributed by atoms with Crippen LogP contribution in [0.1, 0.15) is 47.2 Å². The summed E-state index contributed by atoms with van der Waals surface area (Å²) in [6.07, 6.45) is 1.46. The van der Waals surface area contributed by atoms with E-state index in [-0.39, 0.29) is 22.8 Å². The normalized spacial score (nSPS) is 10.9. The zero-order valence-electron chi connectivity index (χ0n) is 26.3. The fourth-order valence-corrected chi connectivity index (χ4v) is 4.87. The van der Waals surface area contributed by atoms with Gasteiger partial charge >= 0.3 is 11.9 Å². The number of hydrazone groups is 1. The van der Waals surface area contributed by atoms with Crippen LogP contribution in [0.3, 0.4) is 0 Å². The molecule has 11 nitrogen and oxygen atoms in total. The fourth-order valence-electron chi connectivity index (χ4n) is 4.87. The molecule has 0 fully saturated rings. The highest BCUT2D eigenvalue weighted by Crippen LogP contribution is 2.35. The number of rotatable bonds is 12. The summed E-state index contributed by atoms with van der Waals surface area (Å²) in [7, 11) is 1.40. The van der Waals surface area contributed by atoms with Crippen molar-refractivity contribution in [1.29, 1.82) is 0 Å². The van der Waals surface area contributed by atoms with Crippen LogP contribution in [0.4, 0.5) is 0 Å². The minimum Gasteiger partial charge on any atom is -0.494 e. The first kappa shape index (κ1) is 32.3. The van der Waals surface area contributed by atoms with Crippen molar-refractivity contribution >= 4 is 35.0 Å². The topological polar surface area (TPSA) is 138 Å². The molecule has 4 aromatic carbocycles. The zero-order valence-corrected chi connectivity index (χ0v) is 26.3. The predicted octanol–water partition coefficient (Wildman–Crippen LogP) is 6.55. The van der Waals surface area contributed by atoms with Gasteiger partial charge in [-0.15, -0.1) is 0 Å². The van der Waals surface area contributed by atoms with Gasteiger partial charge in [0.2, 0.25) is 0 Å². The highest BCUT2D eigenvalue weighted by molar-refractivity contribution is 6.10. The van der Waals surface area contributed by atoms with E-state index < -0.39 is 17.8 Å². The average Bonchev–Trinajstić information content (AvgIpc) is 3.45. The average molecular weight is 636 g/mol. The number of aromatic nitrogens is 1. The van der Waals surface area contributed by atoms with Gasteiger partial charge in [-0.05, 0) is 79.6 Å². The summed E-state index contributed by atoms with van der Waals surface area (Å²) < 4.78 is 27.4. The number of carbonyl (C=O) groups is 3. The first-order chi connectivity index (χ1) is 22.8. The molecule has 47 heavy (non-hydrogen) atoms. The highest BCUT2D eigenvalue weighted by atomic mass is 16.6. The summed E-state index contributed by atoms with van der Waals surface area (Å²) in [4.78, 5) is 40.9. The number of nitrogens with zero attached hydrogens (tertiary/aromatic N) is 1. The second kappa shape index (κ2) is 14.8. The van der Waals surface area contributed by atoms with Crippen LogP contribution in [0.25, 0.3) is 22.0 Å². The Bertz CT molecular complexity index is 1950. The van der Waals surface area contributed by atoms with Gasteiger partial charge in [0.15, 0.2) is 23.0 Å². The maximum atomic E-state index is 13.4. The van der Waals surface area contributed by atoms with Crippen molar-refractivity contribution in [2.24, 2.45) is 5.10 Å². The Morgan fingerprint density at radius 1 is 0.809 bits per heavy atom. The SMILES string of the molecule is CCOc1ccc2[nH]c(C(=O)NN=Cc3ccc(OC(=O)c4ccc(OC(C)=O)c(OC)c4)c(OCC)c3)c(-c3ccccc3)c2c1. The smallest absolute Gasteiger partial charge is 0.343 e. The van der Waals surface area contributed by atoms with E-state index in [1.54, 1.807) is 25.1 Å². The van der Waals surface area contributed by atoms with Gasteiger partial charge in [0.05, 0.1) is 32.1 Å². The van der Waals surface area contributed by atoms with Gasteiger partial charge in [0.1, 0.15) is 11.4 Å². The minimum absolute atomic E-state index is 0.175. The Morgan fingerprint density at radius 3 is 2.28 bits per heavy atom. The first-order valence-corrected chi connectivity index (χ1v) is 14.8. The molecule has 1 heterocycles. The summed E-state index contributed by atoms with van der Waals surface area (Å²) in [6, 6.07) is 24.5. The number of amides is 1. The van der Waals surface area contributed by atoms with Crippen LogP contribution in [0.2, 0.25) is 0 Å². The van der Waals surface area contributed by atoms with E-state index in [4.69, 9.17) is 23.7 Å². The molecule has 2 N–H and O–H groups in total. The van der Waals surface area contributed by atoms with E-state index in [2.05, 4.69) is 15.5 Å². The zero-order chi connectivity index (χ0) is 33.3. The van der Waals surface area contributed by atoms with Crippen LogP contribution in [0.5, 0.6) is 28.7 Å². The number of ether oxygens (including phenoxy) is 5. The number of esters is 2. The van der Waals surface area contributed by atoms with Gasteiger partial charge in [-0.2, -0.15) is 5.10 Å². The van der Waals surface area contributed by atoms with Gasteiger partial charge in [-0.25, -0.2) is 10.2 Å². The molecule has 11 heteroatoms. The highest BCUT2D eigenvalue weighted by Gasteiger charge is 2.20. The van der Waals surface area contributed by atoms with Crippen LogP contribution < -0.4 is 29.1 Å². The molecule has 0 spiro atoms. The van der Waals surface area contributed by atoms with Gasteiger partial charge < -0.3 is 28.7 Å². The maximum Gasteiger partial charge on any atom is 0.343 e. The number of methoxy groups -OCH3 is 1. The van der Waals surface area contributed by atoms with Crippen LogP contribution in [-0.4, -0.2) is 49.4 Å². The fraction of sp³-hybridized carbons (Fsp3) is 0.167. The Labute approximate surface area is 271 Å². The molecule has 0 bridgehead atoms. The van der Waals surface area contributed by atoms with Gasteiger partial charge in [-0.1, -0.05) is 30.3 Å². The molecule has 240 valence electrons. The summed E-state index contributed by atoms with van der Waals surface area (Å²) >= 11 is 0. The van der Waals surface area contributed by atoms with Crippen molar-refractivity contribution in [2.45, 2.75) is 20.8 Å². The molecule has 5 aromatic rings. The third-order valence-electron chi connectivity index (χ3n) is 6.87. The number of hydrogen-bond acceptors (Lipinski definition) is 9. The lowest BCUT2D eigenvalue weighted by molar-refractivity contribution is -0.132. The van der Waals surface area contributed by atoms with Crippen molar-refractivity contribution < 1.29 is 38.1 Å². The maximum absolute atomic E-state index is 13.4. The summed E-state index contributed by atoms with van der Waals surface area (Å²) in [5, 5.41) is 5.02. The molecule has 0 aliphatic heterocycles. The standard InChI is InChI=1S/C36H33N3O8/c1-5-44-26-14-15-28-27(20-26)33(24-10-8-7-9-11-24)34(38-28)35(41)39-37-21-23-12-16-30(32(18-23)45-6-2)47-36(42)25-13-17-29(46-22(3)40)31(19-25)43-4/h7-21,38H,5-6H2,1-4H3,(H,39,41). The van der Waals surface area contributed by atoms with E-state index in [0.717, 1.165) is 22.0 Å². The van der Waals surface area contributed by atoms with Crippen LogP contribution >= 0.6 is 0 Å². The lowest BCUT2D eigenvalue weighted by atomic mass is 10.0. The summed E-state index contributed by atoms with van der Waals surface area (Å²) in [5.74, 6) is -0.0598. The van der Waals surface area contributed by atoms with E-state index in [9.17, 15) is 14.4 Å². The lowest BCUT2D eigenvalue weighted by Gasteiger charge is -2.13. The van der Waals surface area contributed by atoms with Crippen molar-refractivity contribution in [2.75, 3.05) is 20.3 Å². The first-order valence-electron chi connectivity index (χ1n) is 14.8. The molecule has 1 aromatic heterocycles. The van der Waals surface area contributed by atoms with Crippen LogP contribution in [-0.2, 0) is 4.79 Å². The van der Waals surface area contributed by atoms with Crippen molar-refractivity contribution in [3.8, 4) is 39.9 Å². The van der Waals surface area contributed by atoms with E-state index in [1.165, 1.54) is 38.4 Å². The molecule has 0 saturated heterocycles. The molecule has 0 aliphatic rings. The monoisotopic (exact) mass is 635 g/mol. The van der Waals surface area contributed by atoms with Crippen molar-refractivity contribution in [3.05, 3.63) is 102 Å². The molecule has 0 atom stereocenters. The number of carbonyl (C=O) groups excluding carboxylic acids is 3. The number of benzene rings is 4. The number of fused-ring (bicyclic) bond motifs is 1. The third kappa shape index (κ3) is 7.59. The molecular formula is C36H33N3O8. The minimum atomic E-state index is -0.673. The van der Waals surface area contributed by atoms with Gasteiger partial charge in [0.25, 0.3) is 5.91 Å².